The number of piperidine rings is 1. The predicted molar refractivity (Wildman–Crippen MR) is 117 cm³/mol. The van der Waals surface area contributed by atoms with Crippen molar-refractivity contribution in [2.24, 2.45) is 0 Å². The Balaban J connectivity index is 1.70. The Morgan fingerprint density at radius 1 is 1.00 bits per heavy atom. The Kier molecular flexibility index (Phi) is 7.33. The normalized spacial score (nSPS) is 13.6. The number of benzene rings is 2. The van der Waals surface area contributed by atoms with Gasteiger partial charge in [0, 0.05) is 24.3 Å². The highest BCUT2D eigenvalue weighted by atomic mass is 16.5. The topological polar surface area (TPSA) is 67.9 Å². The molecule has 1 saturated heterocycles. The lowest BCUT2D eigenvalue weighted by Crippen LogP contribution is -2.38. The van der Waals surface area contributed by atoms with E-state index in [2.05, 4.69) is 5.32 Å². The van der Waals surface area contributed by atoms with Crippen molar-refractivity contribution in [1.82, 2.24) is 4.90 Å². The second-order valence-corrected chi connectivity index (χ2v) is 7.53. The van der Waals surface area contributed by atoms with Crippen molar-refractivity contribution in [3.8, 4) is 11.5 Å². The number of carbonyl (C=O) groups excluding carboxylic acids is 2. The first-order valence-corrected chi connectivity index (χ1v) is 10.5. The average molecular weight is 411 g/mol. The number of nitrogens with zero attached hydrogens (tertiary/aromatic N) is 1. The Morgan fingerprint density at radius 2 is 1.77 bits per heavy atom. The Hall–Kier alpha value is -3.02. The molecule has 2 amide bonds. The Bertz CT molecular complexity index is 904. The quantitative estimate of drug-likeness (QED) is 0.737. The van der Waals surface area contributed by atoms with Gasteiger partial charge in [-0.1, -0.05) is 12.1 Å². The summed E-state index contributed by atoms with van der Waals surface area (Å²) in [5, 5.41) is 2.95. The molecule has 6 heteroatoms. The van der Waals surface area contributed by atoms with Gasteiger partial charge in [-0.15, -0.1) is 0 Å². The van der Waals surface area contributed by atoms with Crippen molar-refractivity contribution in [1.29, 1.82) is 0 Å². The standard InChI is InChI=1S/C24H30N2O4/c1-4-29-22-15-19(24(28)25-20-10-8-9-17(2)18(20)3)11-12-21(22)30-16-23(27)26-13-6-5-7-14-26/h8-12,15H,4-7,13-14,16H2,1-3H3,(H,25,28). The van der Waals surface area contributed by atoms with E-state index in [0.717, 1.165) is 42.7 Å². The highest BCUT2D eigenvalue weighted by Crippen LogP contribution is 2.29. The predicted octanol–water partition coefficient (Wildman–Crippen LogP) is 4.35. The maximum atomic E-state index is 12.7. The zero-order valence-corrected chi connectivity index (χ0v) is 18.0. The van der Waals surface area contributed by atoms with Crippen LogP contribution in [0.4, 0.5) is 5.69 Å². The van der Waals surface area contributed by atoms with E-state index >= 15 is 0 Å². The average Bonchev–Trinajstić information content (AvgIpc) is 2.76. The minimum Gasteiger partial charge on any atom is -0.490 e. The van der Waals surface area contributed by atoms with Gasteiger partial charge in [-0.05, 0) is 75.4 Å². The third-order valence-corrected chi connectivity index (χ3v) is 5.42. The zero-order valence-electron chi connectivity index (χ0n) is 18.0. The number of carbonyl (C=O) groups is 2. The molecule has 0 unspecified atom stereocenters. The van der Waals surface area contributed by atoms with Crippen molar-refractivity contribution in [3.63, 3.8) is 0 Å². The molecule has 1 fully saturated rings. The molecule has 0 aliphatic carbocycles. The first-order chi connectivity index (χ1) is 14.5. The summed E-state index contributed by atoms with van der Waals surface area (Å²) in [6.45, 7) is 7.83. The molecule has 1 aliphatic rings. The fourth-order valence-corrected chi connectivity index (χ4v) is 3.49. The highest BCUT2D eigenvalue weighted by molar-refractivity contribution is 6.05. The second kappa shape index (κ2) is 10.1. The minimum atomic E-state index is -0.222. The van der Waals surface area contributed by atoms with Gasteiger partial charge in [0.15, 0.2) is 18.1 Å². The summed E-state index contributed by atoms with van der Waals surface area (Å²) in [5.74, 6) is 0.678. The molecule has 0 saturated carbocycles. The van der Waals surface area contributed by atoms with Crippen LogP contribution in [0.3, 0.4) is 0 Å². The van der Waals surface area contributed by atoms with Crippen LogP contribution >= 0.6 is 0 Å². The molecule has 1 aliphatic heterocycles. The summed E-state index contributed by atoms with van der Waals surface area (Å²) in [6, 6.07) is 10.8. The number of aryl methyl sites for hydroxylation is 1. The minimum absolute atomic E-state index is 0.0195. The molecule has 1 heterocycles. The van der Waals surface area contributed by atoms with E-state index in [1.807, 2.05) is 43.9 Å². The fourth-order valence-electron chi connectivity index (χ4n) is 3.49. The highest BCUT2D eigenvalue weighted by Gasteiger charge is 2.18. The number of likely N-dealkylation sites (tertiary alicyclic amines) is 1. The molecule has 6 nitrogen and oxygen atoms in total. The lowest BCUT2D eigenvalue weighted by molar-refractivity contribution is -0.134. The van der Waals surface area contributed by atoms with E-state index in [9.17, 15) is 9.59 Å². The smallest absolute Gasteiger partial charge is 0.260 e. The van der Waals surface area contributed by atoms with Gasteiger partial charge >= 0.3 is 0 Å². The fraction of sp³-hybridized carbons (Fsp3) is 0.417. The summed E-state index contributed by atoms with van der Waals surface area (Å²) in [7, 11) is 0. The molecule has 2 aromatic rings. The number of nitrogens with one attached hydrogen (secondary N) is 1. The number of amides is 2. The van der Waals surface area contributed by atoms with Crippen molar-refractivity contribution in [2.75, 3.05) is 31.6 Å². The molecule has 2 aromatic carbocycles. The zero-order chi connectivity index (χ0) is 21.5. The van der Waals surface area contributed by atoms with Gasteiger partial charge in [-0.25, -0.2) is 0 Å². The lowest BCUT2D eigenvalue weighted by Gasteiger charge is -2.26. The van der Waals surface area contributed by atoms with E-state index in [1.54, 1.807) is 18.2 Å². The van der Waals surface area contributed by atoms with Crippen LogP contribution < -0.4 is 14.8 Å². The molecule has 160 valence electrons. The van der Waals surface area contributed by atoms with Crippen LogP contribution in [-0.4, -0.2) is 43.0 Å². The summed E-state index contributed by atoms with van der Waals surface area (Å²) in [5.41, 5.74) is 3.40. The number of hydrogen-bond donors (Lipinski definition) is 1. The molecular weight excluding hydrogens is 380 g/mol. The van der Waals surface area contributed by atoms with Gasteiger partial charge < -0.3 is 19.7 Å². The number of ether oxygens (including phenoxy) is 2. The van der Waals surface area contributed by atoms with Gasteiger partial charge in [-0.3, -0.25) is 9.59 Å². The molecule has 0 radical (unpaired) electrons. The molecule has 0 aromatic heterocycles. The first kappa shape index (κ1) is 21.7. The summed E-state index contributed by atoms with van der Waals surface area (Å²) in [4.78, 5) is 27.0. The van der Waals surface area contributed by atoms with Gasteiger partial charge in [-0.2, -0.15) is 0 Å². The van der Waals surface area contributed by atoms with Gasteiger partial charge in [0.2, 0.25) is 0 Å². The summed E-state index contributed by atoms with van der Waals surface area (Å²) in [6.07, 6.45) is 3.26. The van der Waals surface area contributed by atoms with Gasteiger partial charge in [0.25, 0.3) is 11.8 Å². The molecule has 30 heavy (non-hydrogen) atoms. The second-order valence-electron chi connectivity index (χ2n) is 7.53. The maximum Gasteiger partial charge on any atom is 0.260 e. The van der Waals surface area contributed by atoms with Crippen LogP contribution in [-0.2, 0) is 4.79 Å². The van der Waals surface area contributed by atoms with E-state index in [-0.39, 0.29) is 18.4 Å². The molecule has 1 N–H and O–H groups in total. The van der Waals surface area contributed by atoms with Crippen molar-refractivity contribution in [2.45, 2.75) is 40.0 Å². The van der Waals surface area contributed by atoms with Crippen LogP contribution in [0.15, 0.2) is 36.4 Å². The van der Waals surface area contributed by atoms with Gasteiger partial charge in [0.05, 0.1) is 6.61 Å². The molecular formula is C24H30N2O4. The molecule has 0 spiro atoms. The van der Waals surface area contributed by atoms with Crippen LogP contribution in [0.5, 0.6) is 11.5 Å². The largest absolute Gasteiger partial charge is 0.490 e. The third-order valence-electron chi connectivity index (χ3n) is 5.42. The number of anilines is 1. The monoisotopic (exact) mass is 410 g/mol. The first-order valence-electron chi connectivity index (χ1n) is 10.5. The molecule has 3 rings (SSSR count). The van der Waals surface area contributed by atoms with Crippen LogP contribution in [0.25, 0.3) is 0 Å². The van der Waals surface area contributed by atoms with E-state index in [0.29, 0.717) is 23.7 Å². The lowest BCUT2D eigenvalue weighted by atomic mass is 10.1. The number of hydrogen-bond acceptors (Lipinski definition) is 4. The van der Waals surface area contributed by atoms with Crippen molar-refractivity contribution < 1.29 is 19.1 Å². The van der Waals surface area contributed by atoms with Crippen LogP contribution in [0.2, 0.25) is 0 Å². The SMILES string of the molecule is CCOc1cc(C(=O)Nc2cccc(C)c2C)ccc1OCC(=O)N1CCCCC1. The summed E-state index contributed by atoms with van der Waals surface area (Å²) < 4.78 is 11.4. The maximum absolute atomic E-state index is 12.7. The Labute approximate surface area is 178 Å². The number of rotatable bonds is 7. The molecule has 0 bridgehead atoms. The van der Waals surface area contributed by atoms with Crippen LogP contribution in [0, 0.1) is 13.8 Å². The van der Waals surface area contributed by atoms with Crippen molar-refractivity contribution >= 4 is 17.5 Å². The van der Waals surface area contributed by atoms with E-state index in [1.165, 1.54) is 6.42 Å². The van der Waals surface area contributed by atoms with E-state index < -0.39 is 0 Å². The van der Waals surface area contributed by atoms with Crippen molar-refractivity contribution in [3.05, 3.63) is 53.1 Å². The Morgan fingerprint density at radius 3 is 2.50 bits per heavy atom. The van der Waals surface area contributed by atoms with E-state index in [4.69, 9.17) is 9.47 Å². The third kappa shape index (κ3) is 5.32. The molecule has 0 atom stereocenters. The van der Waals surface area contributed by atoms with Gasteiger partial charge in [0.1, 0.15) is 0 Å². The summed E-state index contributed by atoms with van der Waals surface area (Å²) >= 11 is 0. The van der Waals surface area contributed by atoms with Crippen LogP contribution in [0.1, 0.15) is 47.7 Å².